The molecule has 11 heteroatoms. The number of hydrogen-bond acceptors (Lipinski definition) is 9. The summed E-state index contributed by atoms with van der Waals surface area (Å²) in [5, 5.41) is 2.19. The first-order valence-electron chi connectivity index (χ1n) is 11.9. The Morgan fingerprint density at radius 3 is 2.71 bits per heavy atom. The molecule has 35 heavy (non-hydrogen) atoms. The first kappa shape index (κ1) is 25.3. The van der Waals surface area contributed by atoms with Gasteiger partial charge in [0.15, 0.2) is 5.58 Å². The van der Waals surface area contributed by atoms with Crippen molar-refractivity contribution in [2.24, 2.45) is 0 Å². The number of aromatic nitrogens is 1. The summed E-state index contributed by atoms with van der Waals surface area (Å²) in [6, 6.07) is 1.34. The average Bonchev–Trinajstić information content (AvgIpc) is 3.43. The number of hydrazine groups is 1. The summed E-state index contributed by atoms with van der Waals surface area (Å²) >= 11 is 6.56. The predicted molar refractivity (Wildman–Crippen MR) is 131 cm³/mol. The van der Waals surface area contributed by atoms with Gasteiger partial charge in [0, 0.05) is 44.1 Å². The van der Waals surface area contributed by atoms with Gasteiger partial charge in [0.05, 0.1) is 30.0 Å². The van der Waals surface area contributed by atoms with E-state index < -0.39 is 12.1 Å². The number of nitrogens with one attached hydrogen (secondary N) is 1. The Kier molecular flexibility index (Phi) is 7.83. The van der Waals surface area contributed by atoms with E-state index in [1.807, 2.05) is 25.2 Å². The van der Waals surface area contributed by atoms with Crippen LogP contribution in [0.15, 0.2) is 16.7 Å². The van der Waals surface area contributed by atoms with E-state index >= 15 is 0 Å². The molecule has 1 fully saturated rings. The Labute approximate surface area is 209 Å². The minimum Gasteiger partial charge on any atom is -0.460 e. The topological polar surface area (TPSA) is 106 Å². The number of pyridine rings is 1. The Morgan fingerprint density at radius 2 is 2.06 bits per heavy atom. The van der Waals surface area contributed by atoms with E-state index in [2.05, 4.69) is 5.43 Å². The molecule has 0 spiro atoms. The quantitative estimate of drug-likeness (QED) is 0.548. The van der Waals surface area contributed by atoms with E-state index in [1.54, 1.807) is 19.9 Å². The molecule has 0 unspecified atom stereocenters. The van der Waals surface area contributed by atoms with Crippen molar-refractivity contribution in [3.05, 3.63) is 28.7 Å². The van der Waals surface area contributed by atoms with Crippen molar-refractivity contribution in [1.29, 1.82) is 0 Å². The predicted octanol–water partition coefficient (Wildman–Crippen LogP) is 4.37. The van der Waals surface area contributed by atoms with E-state index in [0.717, 1.165) is 12.0 Å². The molecular weight excluding hydrogens is 476 g/mol. The lowest BCUT2D eigenvalue weighted by Gasteiger charge is -2.36. The summed E-state index contributed by atoms with van der Waals surface area (Å²) in [5.74, 6) is -0.793. The standard InChI is InChI=1S/C24H31ClN4O6/c1-5-16-10-15(8-9-34-16)29(24(31)33-7-3)21-20-18(35-22(21)23(30)32-6-2)11-17(25)19(27-20)14-12-26-28(4)13-14/h11,13,15-16,26H,5-10,12H2,1-4H3/t15-,16-/m0/s1. The summed E-state index contributed by atoms with van der Waals surface area (Å²) in [6.45, 7) is 6.82. The van der Waals surface area contributed by atoms with Gasteiger partial charge in [-0.1, -0.05) is 18.5 Å². The zero-order valence-corrected chi connectivity index (χ0v) is 21.2. The van der Waals surface area contributed by atoms with Crippen molar-refractivity contribution in [3.63, 3.8) is 0 Å². The van der Waals surface area contributed by atoms with E-state index in [0.29, 0.717) is 42.2 Å². The minimum atomic E-state index is -0.687. The van der Waals surface area contributed by atoms with Crippen LogP contribution in [0.4, 0.5) is 10.5 Å². The van der Waals surface area contributed by atoms with Gasteiger partial charge in [-0.05, 0) is 33.1 Å². The average molecular weight is 507 g/mol. The maximum atomic E-state index is 13.4. The highest BCUT2D eigenvalue weighted by Crippen LogP contribution is 2.40. The molecule has 1 N–H and O–H groups in total. The van der Waals surface area contributed by atoms with Gasteiger partial charge in [-0.15, -0.1) is 0 Å². The van der Waals surface area contributed by atoms with Crippen LogP contribution >= 0.6 is 11.6 Å². The van der Waals surface area contributed by atoms with Crippen LogP contribution in [0.3, 0.4) is 0 Å². The van der Waals surface area contributed by atoms with Crippen molar-refractivity contribution < 1.29 is 28.2 Å². The van der Waals surface area contributed by atoms with Crippen LogP contribution in [-0.4, -0.2) is 67.6 Å². The second kappa shape index (κ2) is 10.8. The number of carbonyl (C=O) groups excluding carboxylic acids is 2. The van der Waals surface area contributed by atoms with E-state index in [-0.39, 0.29) is 42.4 Å². The molecule has 190 valence electrons. The Morgan fingerprint density at radius 1 is 1.29 bits per heavy atom. The molecule has 0 aromatic carbocycles. The fourth-order valence-electron chi connectivity index (χ4n) is 4.44. The number of ether oxygens (including phenoxy) is 3. The summed E-state index contributed by atoms with van der Waals surface area (Å²) < 4.78 is 22.5. The Hall–Kier alpha value is -2.82. The number of anilines is 1. The summed E-state index contributed by atoms with van der Waals surface area (Å²) in [6.07, 6.45) is 3.26. The van der Waals surface area contributed by atoms with Crippen LogP contribution in [0, 0.1) is 0 Å². The third-order valence-corrected chi connectivity index (χ3v) is 6.38. The molecule has 0 radical (unpaired) electrons. The molecule has 4 rings (SSSR count). The van der Waals surface area contributed by atoms with Crippen LogP contribution in [0.1, 0.15) is 56.3 Å². The van der Waals surface area contributed by atoms with E-state index in [1.165, 1.54) is 4.90 Å². The number of amides is 1. The Balaban J connectivity index is 1.92. The molecule has 2 aliphatic rings. The molecule has 0 bridgehead atoms. The fraction of sp³-hybridized carbons (Fsp3) is 0.542. The fourth-order valence-corrected chi connectivity index (χ4v) is 4.71. The molecule has 1 saturated heterocycles. The largest absolute Gasteiger partial charge is 0.460 e. The van der Waals surface area contributed by atoms with Gasteiger partial charge in [-0.2, -0.15) is 0 Å². The second-order valence-electron chi connectivity index (χ2n) is 8.41. The highest BCUT2D eigenvalue weighted by atomic mass is 35.5. The molecule has 10 nitrogen and oxygen atoms in total. The van der Waals surface area contributed by atoms with Gasteiger partial charge in [-0.3, -0.25) is 4.90 Å². The molecule has 4 heterocycles. The molecule has 2 atom stereocenters. The smallest absolute Gasteiger partial charge is 0.414 e. The lowest BCUT2D eigenvalue weighted by atomic mass is 9.99. The van der Waals surface area contributed by atoms with Crippen molar-refractivity contribution in [3.8, 4) is 0 Å². The molecule has 0 saturated carbocycles. The second-order valence-corrected chi connectivity index (χ2v) is 8.82. The van der Waals surface area contributed by atoms with Gasteiger partial charge < -0.3 is 23.6 Å². The normalized spacial score (nSPS) is 20.1. The van der Waals surface area contributed by atoms with Crippen LogP contribution in [0.25, 0.3) is 16.7 Å². The van der Waals surface area contributed by atoms with E-state index in [9.17, 15) is 9.59 Å². The molecule has 2 aromatic heterocycles. The minimum absolute atomic E-state index is 0.0156. The van der Waals surface area contributed by atoms with Crippen molar-refractivity contribution in [2.75, 3.05) is 38.3 Å². The number of nitrogens with zero attached hydrogens (tertiary/aromatic N) is 3. The number of carbonyl (C=O) groups is 2. The number of furan rings is 1. The maximum Gasteiger partial charge on any atom is 0.414 e. The SMILES string of the molecule is CCOC(=O)c1oc2cc(Cl)c(C3=CN(C)NC3)nc2c1N(C(=O)OCC)[C@H]1CCO[C@@H](CC)C1. The van der Waals surface area contributed by atoms with Crippen LogP contribution in [0.5, 0.6) is 0 Å². The molecular formula is C24H31ClN4O6. The number of fused-ring (bicyclic) bond motifs is 1. The number of halogens is 1. The van der Waals surface area contributed by atoms with Gasteiger partial charge in [-0.25, -0.2) is 20.0 Å². The van der Waals surface area contributed by atoms with Crippen molar-refractivity contribution in [2.45, 2.75) is 52.2 Å². The number of esters is 1. The number of rotatable bonds is 7. The lowest BCUT2D eigenvalue weighted by molar-refractivity contribution is 0.00465. The Bertz CT molecular complexity index is 1130. The molecule has 0 aliphatic carbocycles. The van der Waals surface area contributed by atoms with Crippen LogP contribution in [0.2, 0.25) is 5.02 Å². The van der Waals surface area contributed by atoms with E-state index in [4.69, 9.17) is 35.2 Å². The molecule has 2 aliphatic heterocycles. The monoisotopic (exact) mass is 506 g/mol. The zero-order valence-electron chi connectivity index (χ0n) is 20.4. The van der Waals surface area contributed by atoms with Gasteiger partial charge >= 0.3 is 12.1 Å². The molecule has 1 amide bonds. The third-order valence-electron chi connectivity index (χ3n) is 6.09. The van der Waals surface area contributed by atoms with Crippen LogP contribution in [-0.2, 0) is 14.2 Å². The number of hydrogen-bond donors (Lipinski definition) is 1. The summed E-state index contributed by atoms with van der Waals surface area (Å²) in [5.41, 5.74) is 5.43. The summed E-state index contributed by atoms with van der Waals surface area (Å²) in [7, 11) is 1.87. The van der Waals surface area contributed by atoms with Gasteiger partial charge in [0.2, 0.25) is 5.76 Å². The maximum absolute atomic E-state index is 13.4. The zero-order chi connectivity index (χ0) is 25.1. The van der Waals surface area contributed by atoms with Crippen molar-refractivity contribution in [1.82, 2.24) is 15.4 Å². The first-order valence-corrected chi connectivity index (χ1v) is 12.3. The third kappa shape index (κ3) is 5.10. The van der Waals surface area contributed by atoms with Crippen molar-refractivity contribution >= 4 is 46.0 Å². The van der Waals surface area contributed by atoms with Gasteiger partial charge in [0.25, 0.3) is 0 Å². The first-order chi connectivity index (χ1) is 16.9. The highest BCUT2D eigenvalue weighted by Gasteiger charge is 2.38. The van der Waals surface area contributed by atoms with Crippen LogP contribution < -0.4 is 10.3 Å². The lowest BCUT2D eigenvalue weighted by Crippen LogP contribution is -2.46. The molecule has 2 aromatic rings. The highest BCUT2D eigenvalue weighted by molar-refractivity contribution is 6.33. The summed E-state index contributed by atoms with van der Waals surface area (Å²) in [4.78, 5) is 32.6. The van der Waals surface area contributed by atoms with Gasteiger partial charge in [0.1, 0.15) is 11.2 Å².